The number of pyridine rings is 1. The molecule has 132 valence electrons. The van der Waals surface area contributed by atoms with Gasteiger partial charge in [-0.2, -0.15) is 0 Å². The van der Waals surface area contributed by atoms with E-state index in [0.717, 1.165) is 23.4 Å². The molecule has 0 fully saturated rings. The number of carbonyl (C=O) groups is 2. The summed E-state index contributed by atoms with van der Waals surface area (Å²) in [6, 6.07) is 9.16. The predicted molar refractivity (Wildman–Crippen MR) is 97.9 cm³/mol. The second-order valence-corrected chi connectivity index (χ2v) is 6.47. The maximum Gasteiger partial charge on any atom is 0.264 e. The highest BCUT2D eigenvalue weighted by molar-refractivity contribution is 5.99. The third-order valence-corrected chi connectivity index (χ3v) is 4.60. The summed E-state index contributed by atoms with van der Waals surface area (Å²) in [4.78, 5) is 30.3. The van der Waals surface area contributed by atoms with Crippen LogP contribution in [0.5, 0.6) is 5.75 Å². The molecule has 0 unspecified atom stereocenters. The minimum absolute atomic E-state index is 0.0315. The van der Waals surface area contributed by atoms with Crippen molar-refractivity contribution >= 4 is 23.0 Å². The number of ketones is 1. The number of ether oxygens (including phenoxy) is 1. The van der Waals surface area contributed by atoms with Crippen LogP contribution < -0.4 is 9.64 Å². The summed E-state index contributed by atoms with van der Waals surface area (Å²) in [6.45, 7) is 4.01. The van der Waals surface area contributed by atoms with E-state index in [1.807, 2.05) is 48.0 Å². The summed E-state index contributed by atoms with van der Waals surface area (Å²) in [6.07, 6.45) is 4.55. The van der Waals surface area contributed by atoms with Crippen LogP contribution in [0.4, 0.5) is 5.69 Å². The van der Waals surface area contributed by atoms with E-state index in [1.165, 1.54) is 0 Å². The Morgan fingerprint density at radius 3 is 2.92 bits per heavy atom. The van der Waals surface area contributed by atoms with Crippen molar-refractivity contribution in [2.45, 2.75) is 20.3 Å². The van der Waals surface area contributed by atoms with Crippen LogP contribution in [-0.2, 0) is 11.2 Å². The number of aromatic nitrogens is 2. The first-order chi connectivity index (χ1) is 12.5. The monoisotopic (exact) mass is 349 g/mol. The molecule has 0 saturated heterocycles. The number of anilines is 1. The molecule has 1 aliphatic rings. The Balaban J connectivity index is 1.51. The van der Waals surface area contributed by atoms with Gasteiger partial charge in [0.25, 0.3) is 5.91 Å². The first kappa shape index (κ1) is 16.3. The average Bonchev–Trinajstić information content (AvgIpc) is 3.21. The molecule has 1 aliphatic heterocycles. The number of hydrogen-bond acceptors (Lipinski definition) is 4. The Kier molecular flexibility index (Phi) is 3.95. The molecule has 0 bridgehead atoms. The zero-order valence-corrected chi connectivity index (χ0v) is 14.7. The van der Waals surface area contributed by atoms with Gasteiger partial charge >= 0.3 is 0 Å². The van der Waals surface area contributed by atoms with E-state index in [-0.39, 0.29) is 18.3 Å². The number of benzene rings is 1. The topological polar surface area (TPSA) is 63.9 Å². The maximum absolute atomic E-state index is 12.6. The largest absolute Gasteiger partial charge is 0.480 e. The number of aryl methyl sites for hydroxylation is 1. The number of carbonyl (C=O) groups excluding carboxylic acids is 2. The fraction of sp³-hybridized carbons (Fsp3) is 0.250. The van der Waals surface area contributed by atoms with Gasteiger partial charge in [-0.3, -0.25) is 9.59 Å². The summed E-state index contributed by atoms with van der Waals surface area (Å²) in [5, 5.41) is 0. The smallest absolute Gasteiger partial charge is 0.264 e. The van der Waals surface area contributed by atoms with Gasteiger partial charge in [-0.1, -0.05) is 0 Å². The quantitative estimate of drug-likeness (QED) is 0.680. The van der Waals surface area contributed by atoms with E-state index < -0.39 is 0 Å². The third-order valence-electron chi connectivity index (χ3n) is 4.60. The Morgan fingerprint density at radius 1 is 1.27 bits per heavy atom. The standard InChI is InChI=1S/C20H19N3O3/c1-13-11-22-8-3-4-18(20(22)21-13)26-12-19(25)23-9-7-16-10-15(14(2)24)5-6-17(16)23/h3-6,8,10-11H,7,9,12H2,1-2H3. The lowest BCUT2D eigenvalue weighted by molar-refractivity contribution is -0.120. The van der Waals surface area contributed by atoms with Crippen molar-refractivity contribution in [1.82, 2.24) is 9.38 Å². The number of rotatable bonds is 4. The number of amides is 1. The molecule has 4 rings (SSSR count). The van der Waals surface area contributed by atoms with Gasteiger partial charge in [-0.05, 0) is 56.2 Å². The van der Waals surface area contributed by atoms with Gasteiger partial charge in [0.1, 0.15) is 0 Å². The summed E-state index contributed by atoms with van der Waals surface area (Å²) in [7, 11) is 0. The highest BCUT2D eigenvalue weighted by atomic mass is 16.5. The Morgan fingerprint density at radius 2 is 2.12 bits per heavy atom. The highest BCUT2D eigenvalue weighted by Gasteiger charge is 2.25. The molecule has 3 heterocycles. The summed E-state index contributed by atoms with van der Waals surface area (Å²) >= 11 is 0. The second kappa shape index (κ2) is 6.29. The van der Waals surface area contributed by atoms with E-state index in [9.17, 15) is 9.59 Å². The average molecular weight is 349 g/mol. The molecule has 0 radical (unpaired) electrons. The molecule has 0 spiro atoms. The molecule has 0 N–H and O–H groups in total. The van der Waals surface area contributed by atoms with E-state index >= 15 is 0 Å². The van der Waals surface area contributed by atoms with Gasteiger partial charge in [0.2, 0.25) is 0 Å². The zero-order valence-electron chi connectivity index (χ0n) is 14.7. The van der Waals surface area contributed by atoms with E-state index in [0.29, 0.717) is 23.5 Å². The lowest BCUT2D eigenvalue weighted by Gasteiger charge is -2.18. The van der Waals surface area contributed by atoms with Crippen molar-refractivity contribution < 1.29 is 14.3 Å². The molecule has 0 aliphatic carbocycles. The van der Waals surface area contributed by atoms with Gasteiger partial charge in [0.05, 0.1) is 5.69 Å². The van der Waals surface area contributed by atoms with E-state index in [4.69, 9.17) is 4.74 Å². The third kappa shape index (κ3) is 2.83. The summed E-state index contributed by atoms with van der Waals surface area (Å²) < 4.78 is 7.63. The van der Waals surface area contributed by atoms with Crippen LogP contribution in [-0.4, -0.2) is 34.2 Å². The van der Waals surface area contributed by atoms with Crippen molar-refractivity contribution in [1.29, 1.82) is 0 Å². The van der Waals surface area contributed by atoms with Gasteiger partial charge in [0.15, 0.2) is 23.8 Å². The van der Waals surface area contributed by atoms with Crippen LogP contribution >= 0.6 is 0 Å². The SMILES string of the molecule is CC(=O)c1ccc2c(c1)CCN2C(=O)COc1cccn2cc(C)nc12. The van der Waals surface area contributed by atoms with Crippen molar-refractivity contribution in [3.8, 4) is 5.75 Å². The lowest BCUT2D eigenvalue weighted by atomic mass is 10.1. The van der Waals surface area contributed by atoms with E-state index in [2.05, 4.69) is 4.98 Å². The Hall–Kier alpha value is -3.15. The van der Waals surface area contributed by atoms with Gasteiger partial charge in [-0.15, -0.1) is 0 Å². The van der Waals surface area contributed by atoms with Crippen LogP contribution in [0.25, 0.3) is 5.65 Å². The summed E-state index contributed by atoms with van der Waals surface area (Å²) in [5.41, 5.74) is 4.15. The minimum Gasteiger partial charge on any atom is -0.480 e. The van der Waals surface area contributed by atoms with Crippen molar-refractivity contribution in [2.75, 3.05) is 18.1 Å². The Labute approximate surface area is 151 Å². The fourth-order valence-electron chi connectivity index (χ4n) is 3.32. The van der Waals surface area contributed by atoms with Gasteiger partial charge in [-0.25, -0.2) is 4.98 Å². The molecule has 0 atom stereocenters. The molecule has 1 amide bonds. The lowest BCUT2D eigenvalue weighted by Crippen LogP contribution is -2.33. The van der Waals surface area contributed by atoms with Crippen LogP contribution in [0.1, 0.15) is 28.5 Å². The number of nitrogens with zero attached hydrogens (tertiary/aromatic N) is 3. The number of imidazole rings is 1. The molecular weight excluding hydrogens is 330 g/mol. The first-order valence-electron chi connectivity index (χ1n) is 8.54. The van der Waals surface area contributed by atoms with Crippen LogP contribution in [0.3, 0.4) is 0 Å². The molecule has 3 aromatic rings. The van der Waals surface area contributed by atoms with Crippen LogP contribution in [0, 0.1) is 6.92 Å². The maximum atomic E-state index is 12.6. The van der Waals surface area contributed by atoms with Crippen molar-refractivity contribution in [3.05, 3.63) is 59.5 Å². The predicted octanol–water partition coefficient (Wildman–Crippen LogP) is 2.81. The number of hydrogen-bond donors (Lipinski definition) is 0. The van der Waals surface area contributed by atoms with Gasteiger partial charge < -0.3 is 14.0 Å². The van der Waals surface area contributed by atoms with E-state index in [1.54, 1.807) is 17.9 Å². The van der Waals surface area contributed by atoms with Crippen LogP contribution in [0.2, 0.25) is 0 Å². The molecule has 6 heteroatoms. The van der Waals surface area contributed by atoms with Crippen LogP contribution in [0.15, 0.2) is 42.7 Å². The first-order valence-corrected chi connectivity index (χ1v) is 8.54. The second-order valence-electron chi connectivity index (χ2n) is 6.47. The molecule has 1 aromatic carbocycles. The number of Topliss-reactive ketones (excluding diaryl/α,β-unsaturated/α-hetero) is 1. The number of fused-ring (bicyclic) bond motifs is 2. The fourth-order valence-corrected chi connectivity index (χ4v) is 3.32. The summed E-state index contributed by atoms with van der Waals surface area (Å²) in [5.74, 6) is 0.508. The Bertz CT molecular complexity index is 1020. The molecule has 2 aromatic heterocycles. The minimum atomic E-state index is -0.107. The molecule has 6 nitrogen and oxygen atoms in total. The highest BCUT2D eigenvalue weighted by Crippen LogP contribution is 2.29. The van der Waals surface area contributed by atoms with Crippen molar-refractivity contribution in [3.63, 3.8) is 0 Å². The molecular formula is C20H19N3O3. The van der Waals surface area contributed by atoms with Gasteiger partial charge in [0, 0.05) is 30.2 Å². The molecule has 0 saturated carbocycles. The zero-order chi connectivity index (χ0) is 18.3. The van der Waals surface area contributed by atoms with Crippen molar-refractivity contribution in [2.24, 2.45) is 0 Å². The normalized spacial score (nSPS) is 13.1. The molecule has 26 heavy (non-hydrogen) atoms.